The minimum Gasteiger partial charge on any atom is -0.366 e. The van der Waals surface area contributed by atoms with Crippen molar-refractivity contribution >= 4 is 11.8 Å². The van der Waals surface area contributed by atoms with E-state index < -0.39 is 11.8 Å². The summed E-state index contributed by atoms with van der Waals surface area (Å²) in [7, 11) is 0. The SMILES string of the molecule is NC(=O)c1[c]c(C(N)=O)ccc1. The Kier molecular flexibility index (Phi) is 2.09. The van der Waals surface area contributed by atoms with Crippen LogP contribution in [0.1, 0.15) is 20.7 Å². The lowest BCUT2D eigenvalue weighted by Gasteiger charge is -1.96. The Morgan fingerprint density at radius 3 is 1.83 bits per heavy atom. The number of hydrogen-bond donors (Lipinski definition) is 2. The zero-order chi connectivity index (χ0) is 9.14. The van der Waals surface area contributed by atoms with Crippen LogP contribution in [0.25, 0.3) is 0 Å². The molecule has 2 amide bonds. The quantitative estimate of drug-likeness (QED) is 0.626. The van der Waals surface area contributed by atoms with Crippen molar-refractivity contribution < 1.29 is 9.59 Å². The molecule has 0 saturated carbocycles. The van der Waals surface area contributed by atoms with E-state index in [1.807, 2.05) is 0 Å². The fraction of sp³-hybridized carbons (Fsp3) is 0. The molecule has 1 aromatic carbocycles. The summed E-state index contributed by atoms with van der Waals surface area (Å²) in [4.78, 5) is 21.2. The Labute approximate surface area is 69.2 Å². The molecule has 12 heavy (non-hydrogen) atoms. The van der Waals surface area contributed by atoms with Gasteiger partial charge in [0, 0.05) is 17.2 Å². The Bertz CT molecular complexity index is 304. The monoisotopic (exact) mass is 163 g/mol. The second-order valence-electron chi connectivity index (χ2n) is 2.21. The van der Waals surface area contributed by atoms with E-state index in [9.17, 15) is 9.59 Å². The van der Waals surface area contributed by atoms with Gasteiger partial charge in [0.05, 0.1) is 0 Å². The Balaban J connectivity index is 3.12. The highest BCUT2D eigenvalue weighted by molar-refractivity contribution is 5.97. The highest BCUT2D eigenvalue weighted by Gasteiger charge is 2.04. The Morgan fingerprint density at radius 2 is 1.50 bits per heavy atom. The molecule has 61 valence electrons. The lowest BCUT2D eigenvalue weighted by molar-refractivity contribution is 0.0999. The van der Waals surface area contributed by atoms with Crippen LogP contribution in [0.15, 0.2) is 18.2 Å². The average molecular weight is 163 g/mol. The number of nitrogens with two attached hydrogens (primary N) is 2. The molecule has 0 atom stereocenters. The summed E-state index contributed by atoms with van der Waals surface area (Å²) in [5, 5.41) is 0. The average Bonchev–Trinajstić information content (AvgIpc) is 2.04. The van der Waals surface area contributed by atoms with Gasteiger partial charge in [-0.1, -0.05) is 6.07 Å². The highest BCUT2D eigenvalue weighted by Crippen LogP contribution is 2.01. The molecule has 0 aromatic heterocycles. The third-order valence-corrected chi connectivity index (χ3v) is 1.33. The van der Waals surface area contributed by atoms with Crippen LogP contribution in [0.2, 0.25) is 0 Å². The maximum absolute atomic E-state index is 10.6. The predicted molar refractivity (Wildman–Crippen MR) is 42.3 cm³/mol. The van der Waals surface area contributed by atoms with E-state index in [-0.39, 0.29) is 11.1 Å². The first-order valence-corrected chi connectivity index (χ1v) is 3.23. The van der Waals surface area contributed by atoms with Crippen LogP contribution in [0.4, 0.5) is 0 Å². The summed E-state index contributed by atoms with van der Waals surface area (Å²) < 4.78 is 0. The van der Waals surface area contributed by atoms with Crippen molar-refractivity contribution in [3.8, 4) is 0 Å². The van der Waals surface area contributed by atoms with E-state index in [1.54, 1.807) is 0 Å². The van der Waals surface area contributed by atoms with E-state index >= 15 is 0 Å². The van der Waals surface area contributed by atoms with E-state index in [2.05, 4.69) is 6.07 Å². The smallest absolute Gasteiger partial charge is 0.249 e. The third kappa shape index (κ3) is 1.60. The molecule has 0 spiro atoms. The van der Waals surface area contributed by atoms with Crippen molar-refractivity contribution in [2.45, 2.75) is 0 Å². The lowest BCUT2D eigenvalue weighted by atomic mass is 10.1. The Hall–Kier alpha value is -1.84. The molecule has 0 fully saturated rings. The van der Waals surface area contributed by atoms with E-state index in [0.29, 0.717) is 0 Å². The molecule has 1 rings (SSSR count). The largest absolute Gasteiger partial charge is 0.366 e. The first-order chi connectivity index (χ1) is 5.61. The molecule has 4 heteroatoms. The van der Waals surface area contributed by atoms with Gasteiger partial charge >= 0.3 is 0 Å². The molecule has 0 bridgehead atoms. The van der Waals surface area contributed by atoms with Crippen LogP contribution in [0.3, 0.4) is 0 Å². The zero-order valence-electron chi connectivity index (χ0n) is 6.20. The van der Waals surface area contributed by atoms with E-state index in [1.165, 1.54) is 18.2 Å². The van der Waals surface area contributed by atoms with Crippen LogP contribution in [0, 0.1) is 6.07 Å². The molecule has 0 saturated heterocycles. The number of carbonyl (C=O) groups excluding carboxylic acids is 2. The second kappa shape index (κ2) is 3.04. The fourth-order valence-electron chi connectivity index (χ4n) is 0.756. The van der Waals surface area contributed by atoms with Gasteiger partial charge < -0.3 is 11.5 Å². The molecule has 4 N–H and O–H groups in total. The van der Waals surface area contributed by atoms with Gasteiger partial charge in [-0.3, -0.25) is 9.59 Å². The number of benzene rings is 1. The number of carbonyl (C=O) groups is 2. The summed E-state index contributed by atoms with van der Waals surface area (Å²) in [6.45, 7) is 0. The van der Waals surface area contributed by atoms with Gasteiger partial charge in [0.15, 0.2) is 0 Å². The molecular formula is C8H7N2O2. The van der Waals surface area contributed by atoms with Gasteiger partial charge in [-0.15, -0.1) is 0 Å². The van der Waals surface area contributed by atoms with Crippen LogP contribution in [0.5, 0.6) is 0 Å². The van der Waals surface area contributed by atoms with Crippen molar-refractivity contribution in [1.82, 2.24) is 0 Å². The summed E-state index contributed by atoms with van der Waals surface area (Å²) in [5.74, 6) is -1.25. The maximum atomic E-state index is 10.6. The minimum absolute atomic E-state index is 0.159. The van der Waals surface area contributed by atoms with Gasteiger partial charge in [0.2, 0.25) is 11.8 Å². The first-order valence-electron chi connectivity index (χ1n) is 3.23. The maximum Gasteiger partial charge on any atom is 0.249 e. The van der Waals surface area contributed by atoms with Gasteiger partial charge in [-0.05, 0) is 12.1 Å². The molecule has 1 radical (unpaired) electrons. The molecule has 0 aliphatic rings. The van der Waals surface area contributed by atoms with Crippen LogP contribution < -0.4 is 11.5 Å². The molecule has 0 heterocycles. The second-order valence-corrected chi connectivity index (χ2v) is 2.21. The topological polar surface area (TPSA) is 86.2 Å². The van der Waals surface area contributed by atoms with Gasteiger partial charge in [0.25, 0.3) is 0 Å². The number of amides is 2. The fourth-order valence-corrected chi connectivity index (χ4v) is 0.756. The molecule has 0 aliphatic carbocycles. The van der Waals surface area contributed by atoms with Crippen LogP contribution >= 0.6 is 0 Å². The van der Waals surface area contributed by atoms with Crippen LogP contribution in [-0.2, 0) is 0 Å². The van der Waals surface area contributed by atoms with Gasteiger partial charge in [-0.2, -0.15) is 0 Å². The van der Waals surface area contributed by atoms with E-state index in [4.69, 9.17) is 11.5 Å². The normalized spacial score (nSPS) is 9.33. The molecule has 1 aromatic rings. The molecule has 4 nitrogen and oxygen atoms in total. The molecule has 0 unspecified atom stereocenters. The number of primary amides is 2. The van der Waals surface area contributed by atoms with Crippen molar-refractivity contribution in [1.29, 1.82) is 0 Å². The van der Waals surface area contributed by atoms with Gasteiger partial charge in [-0.25, -0.2) is 0 Å². The highest BCUT2D eigenvalue weighted by atomic mass is 16.1. The van der Waals surface area contributed by atoms with Crippen LogP contribution in [-0.4, -0.2) is 11.8 Å². The van der Waals surface area contributed by atoms with E-state index in [0.717, 1.165) is 0 Å². The summed E-state index contributed by atoms with van der Waals surface area (Å²) in [6, 6.07) is 6.95. The van der Waals surface area contributed by atoms with Crippen molar-refractivity contribution in [2.24, 2.45) is 11.5 Å². The molecular weight excluding hydrogens is 156 g/mol. The zero-order valence-corrected chi connectivity index (χ0v) is 6.20. The Morgan fingerprint density at radius 1 is 1.08 bits per heavy atom. The van der Waals surface area contributed by atoms with Crippen molar-refractivity contribution in [3.63, 3.8) is 0 Å². The van der Waals surface area contributed by atoms with Crippen molar-refractivity contribution in [2.75, 3.05) is 0 Å². The summed E-state index contributed by atoms with van der Waals surface area (Å²) in [5.41, 5.74) is 10.2. The van der Waals surface area contributed by atoms with Gasteiger partial charge in [0.1, 0.15) is 0 Å². The summed E-state index contributed by atoms with van der Waals surface area (Å²) >= 11 is 0. The predicted octanol–water partition coefficient (Wildman–Crippen LogP) is -0.315. The minimum atomic E-state index is -0.627. The standard InChI is InChI=1S/C8H7N2O2/c9-7(11)5-2-1-3-6(4-5)8(10)12/h1-3H,(H2,9,11)(H2,10,12). The lowest BCUT2D eigenvalue weighted by Crippen LogP contribution is -2.15. The first kappa shape index (κ1) is 8.26. The number of rotatable bonds is 2. The molecule has 0 aliphatic heterocycles. The number of hydrogen-bond acceptors (Lipinski definition) is 2. The third-order valence-electron chi connectivity index (χ3n) is 1.33. The van der Waals surface area contributed by atoms with Crippen molar-refractivity contribution in [3.05, 3.63) is 35.4 Å². The summed E-state index contributed by atoms with van der Waals surface area (Å²) in [6.07, 6.45) is 0.